The van der Waals surface area contributed by atoms with E-state index >= 15 is 0 Å². The fourth-order valence-corrected chi connectivity index (χ4v) is 2.63. The van der Waals surface area contributed by atoms with Crippen LogP contribution in [0.5, 0.6) is 5.75 Å². The van der Waals surface area contributed by atoms with Crippen molar-refractivity contribution >= 4 is 17.7 Å². The molecule has 0 fully saturated rings. The van der Waals surface area contributed by atoms with Crippen LogP contribution >= 0.6 is 0 Å². The molecule has 12 heteroatoms. The summed E-state index contributed by atoms with van der Waals surface area (Å²) in [4.78, 5) is 26.8. The predicted octanol–water partition coefficient (Wildman–Crippen LogP) is 4.25. The van der Waals surface area contributed by atoms with Gasteiger partial charge in [0.05, 0.1) is 5.69 Å². The summed E-state index contributed by atoms with van der Waals surface area (Å²) in [6.45, 7) is 2.90. The average Bonchev–Trinajstić information content (AvgIpc) is 3.22. The van der Waals surface area contributed by atoms with E-state index in [-0.39, 0.29) is 5.75 Å². The maximum Gasteiger partial charge on any atom is 0.573 e. The van der Waals surface area contributed by atoms with Gasteiger partial charge in [-0.05, 0) is 68.3 Å². The van der Waals surface area contributed by atoms with Crippen molar-refractivity contribution in [3.05, 3.63) is 54.9 Å². The molecule has 9 nitrogen and oxygen atoms in total. The lowest BCUT2D eigenvalue weighted by Gasteiger charge is -2.18. The highest BCUT2D eigenvalue weighted by molar-refractivity contribution is 5.87. The van der Waals surface area contributed by atoms with Crippen molar-refractivity contribution in [2.75, 3.05) is 5.32 Å². The SMILES string of the molecule is CC(C)(C#CC(=O)O)OC(=O)Nc1ccc(-c2ncn(-c3ccc(OC(F)(F)F)cc3)n2)cc1. The Morgan fingerprint density at radius 3 is 2.29 bits per heavy atom. The lowest BCUT2D eigenvalue weighted by molar-refractivity contribution is -0.274. The molecule has 0 saturated carbocycles. The summed E-state index contributed by atoms with van der Waals surface area (Å²) in [5.74, 6) is 2.88. The second kappa shape index (κ2) is 9.53. The largest absolute Gasteiger partial charge is 0.573 e. The molecule has 176 valence electrons. The zero-order chi connectivity index (χ0) is 24.9. The average molecular weight is 474 g/mol. The minimum absolute atomic E-state index is 0.342. The summed E-state index contributed by atoms with van der Waals surface area (Å²) in [5.41, 5.74) is 0.177. The first-order chi connectivity index (χ1) is 15.9. The molecule has 1 amide bonds. The number of nitrogens with zero attached hydrogens (tertiary/aromatic N) is 3. The molecule has 1 aromatic heterocycles. The minimum Gasteiger partial charge on any atom is -0.472 e. The number of benzene rings is 2. The molecule has 0 saturated heterocycles. The molecule has 0 atom stereocenters. The molecule has 34 heavy (non-hydrogen) atoms. The van der Waals surface area contributed by atoms with Crippen LogP contribution in [0.15, 0.2) is 54.9 Å². The van der Waals surface area contributed by atoms with Crippen LogP contribution in [0.2, 0.25) is 0 Å². The van der Waals surface area contributed by atoms with E-state index in [1.54, 1.807) is 24.3 Å². The highest BCUT2D eigenvalue weighted by Gasteiger charge is 2.31. The van der Waals surface area contributed by atoms with E-state index in [9.17, 15) is 22.8 Å². The van der Waals surface area contributed by atoms with E-state index in [4.69, 9.17) is 9.84 Å². The Balaban J connectivity index is 1.64. The summed E-state index contributed by atoms with van der Waals surface area (Å²) >= 11 is 0. The highest BCUT2D eigenvalue weighted by atomic mass is 19.4. The summed E-state index contributed by atoms with van der Waals surface area (Å²) in [5, 5.41) is 15.4. The van der Waals surface area contributed by atoms with Crippen LogP contribution in [0.1, 0.15) is 13.8 Å². The summed E-state index contributed by atoms with van der Waals surface area (Å²) in [7, 11) is 0. The molecule has 0 aliphatic carbocycles. The highest BCUT2D eigenvalue weighted by Crippen LogP contribution is 2.24. The smallest absolute Gasteiger partial charge is 0.472 e. The number of rotatable bonds is 5. The molecule has 0 aliphatic heterocycles. The van der Waals surface area contributed by atoms with Gasteiger partial charge in [-0.15, -0.1) is 18.3 Å². The van der Waals surface area contributed by atoms with Crippen LogP contribution in [0, 0.1) is 11.8 Å². The topological polar surface area (TPSA) is 116 Å². The van der Waals surface area contributed by atoms with E-state index in [2.05, 4.69) is 26.1 Å². The lowest BCUT2D eigenvalue weighted by Crippen LogP contribution is -2.29. The zero-order valence-corrected chi connectivity index (χ0v) is 17.8. The van der Waals surface area contributed by atoms with E-state index in [1.807, 2.05) is 5.92 Å². The molecule has 2 N–H and O–H groups in total. The number of carbonyl (C=O) groups is 2. The Kier molecular flexibility index (Phi) is 6.76. The third-order valence-electron chi connectivity index (χ3n) is 4.03. The van der Waals surface area contributed by atoms with Crippen molar-refractivity contribution < 1.29 is 37.3 Å². The van der Waals surface area contributed by atoms with Gasteiger partial charge in [0, 0.05) is 17.2 Å². The second-order valence-corrected chi connectivity index (χ2v) is 7.21. The standard InChI is InChI=1S/C22H17F3N4O5/c1-21(2,12-11-18(30)31)34-20(32)27-15-5-3-14(4-6-15)19-26-13-29(28-19)16-7-9-17(10-8-16)33-22(23,24)25/h3-10,13H,1-2H3,(H,27,32)(H,30,31). The van der Waals surface area contributed by atoms with E-state index in [0.717, 1.165) is 12.1 Å². The van der Waals surface area contributed by atoms with Crippen molar-refractivity contribution in [3.63, 3.8) is 0 Å². The van der Waals surface area contributed by atoms with Gasteiger partial charge in [0.25, 0.3) is 0 Å². The number of alkyl halides is 3. The van der Waals surface area contributed by atoms with Crippen LogP contribution in [-0.2, 0) is 9.53 Å². The number of carboxylic acids is 1. The number of aromatic nitrogens is 3. The Labute approximate surface area is 191 Å². The maximum atomic E-state index is 12.3. The Morgan fingerprint density at radius 1 is 1.06 bits per heavy atom. The first kappa shape index (κ1) is 24.1. The number of halogens is 3. The fourth-order valence-electron chi connectivity index (χ4n) is 2.63. The van der Waals surface area contributed by atoms with Crippen LogP contribution in [0.3, 0.4) is 0 Å². The molecule has 0 radical (unpaired) electrons. The molecule has 0 unspecified atom stereocenters. The number of anilines is 1. The van der Waals surface area contributed by atoms with Crippen molar-refractivity contribution in [2.45, 2.75) is 25.8 Å². The Bertz CT molecular complexity index is 1240. The van der Waals surface area contributed by atoms with Gasteiger partial charge >= 0.3 is 18.4 Å². The normalized spacial score (nSPS) is 11.2. The minimum atomic E-state index is -4.77. The number of hydrogen-bond acceptors (Lipinski definition) is 6. The van der Waals surface area contributed by atoms with Crippen LogP contribution < -0.4 is 10.1 Å². The van der Waals surface area contributed by atoms with Crippen LogP contribution in [0.4, 0.5) is 23.7 Å². The van der Waals surface area contributed by atoms with Gasteiger partial charge in [0.2, 0.25) is 0 Å². The number of carbonyl (C=O) groups excluding carboxylic acids is 1. The molecule has 1 heterocycles. The molecule has 0 spiro atoms. The summed E-state index contributed by atoms with van der Waals surface area (Å²) in [6, 6.07) is 11.6. The number of carboxylic acid groups (broad SMARTS) is 1. The third kappa shape index (κ3) is 6.99. The van der Waals surface area contributed by atoms with E-state index in [1.165, 1.54) is 37.0 Å². The van der Waals surface area contributed by atoms with Crippen molar-refractivity contribution in [1.82, 2.24) is 14.8 Å². The number of aliphatic carboxylic acids is 1. The van der Waals surface area contributed by atoms with Gasteiger partial charge in [-0.2, -0.15) is 0 Å². The van der Waals surface area contributed by atoms with Crippen molar-refractivity contribution in [2.24, 2.45) is 0 Å². The zero-order valence-electron chi connectivity index (χ0n) is 17.8. The molecule has 0 bridgehead atoms. The molecular formula is C22H17F3N4O5. The Hall–Kier alpha value is -4.53. The molecule has 0 aliphatic rings. The molecule has 3 aromatic rings. The number of hydrogen-bond donors (Lipinski definition) is 2. The first-order valence-corrected chi connectivity index (χ1v) is 9.55. The second-order valence-electron chi connectivity index (χ2n) is 7.21. The number of amides is 1. The summed E-state index contributed by atoms with van der Waals surface area (Å²) in [6.07, 6.45) is -4.19. The Morgan fingerprint density at radius 2 is 1.71 bits per heavy atom. The van der Waals surface area contributed by atoms with Gasteiger partial charge in [0.1, 0.15) is 12.1 Å². The van der Waals surface area contributed by atoms with E-state index in [0.29, 0.717) is 22.8 Å². The maximum absolute atomic E-state index is 12.3. The van der Waals surface area contributed by atoms with Gasteiger partial charge < -0.3 is 14.6 Å². The van der Waals surface area contributed by atoms with E-state index < -0.39 is 24.0 Å². The number of ether oxygens (including phenoxy) is 2. The van der Waals surface area contributed by atoms with Crippen molar-refractivity contribution in [1.29, 1.82) is 0 Å². The van der Waals surface area contributed by atoms with Gasteiger partial charge in [-0.3, -0.25) is 5.32 Å². The quantitative estimate of drug-likeness (QED) is 0.531. The lowest BCUT2D eigenvalue weighted by atomic mass is 10.1. The predicted molar refractivity (Wildman–Crippen MR) is 113 cm³/mol. The third-order valence-corrected chi connectivity index (χ3v) is 4.03. The van der Waals surface area contributed by atoms with Gasteiger partial charge in [-0.1, -0.05) is 0 Å². The monoisotopic (exact) mass is 474 g/mol. The molecular weight excluding hydrogens is 457 g/mol. The van der Waals surface area contributed by atoms with Crippen LogP contribution in [0.25, 0.3) is 17.1 Å². The molecule has 3 rings (SSSR count). The van der Waals surface area contributed by atoms with Gasteiger partial charge in [0.15, 0.2) is 11.4 Å². The number of nitrogens with one attached hydrogen (secondary N) is 1. The first-order valence-electron chi connectivity index (χ1n) is 9.55. The molecule has 2 aromatic carbocycles. The fraction of sp³-hybridized carbons (Fsp3) is 0.182. The summed E-state index contributed by atoms with van der Waals surface area (Å²) < 4.78 is 47.2. The van der Waals surface area contributed by atoms with Crippen molar-refractivity contribution in [3.8, 4) is 34.7 Å². The van der Waals surface area contributed by atoms with Gasteiger partial charge in [-0.25, -0.2) is 19.3 Å². The van der Waals surface area contributed by atoms with Crippen LogP contribution in [-0.4, -0.2) is 43.9 Å².